The number of rotatable bonds is 3. The Balaban J connectivity index is 1.63. The molecule has 0 unspecified atom stereocenters. The summed E-state index contributed by atoms with van der Waals surface area (Å²) in [4.78, 5) is 22.9. The van der Waals surface area contributed by atoms with Gasteiger partial charge in [-0.25, -0.2) is 9.37 Å². The van der Waals surface area contributed by atoms with Gasteiger partial charge in [-0.05, 0) is 36.6 Å². The van der Waals surface area contributed by atoms with E-state index in [2.05, 4.69) is 14.9 Å². The number of fused-ring (bicyclic) bond motifs is 1. The Morgan fingerprint density at radius 3 is 2.72 bits per heavy atom. The van der Waals surface area contributed by atoms with Gasteiger partial charge < -0.3 is 10.1 Å². The molecule has 0 bridgehead atoms. The third kappa shape index (κ3) is 3.49. The van der Waals surface area contributed by atoms with Gasteiger partial charge in [0.25, 0.3) is 5.56 Å². The van der Waals surface area contributed by atoms with Crippen LogP contribution < -0.4 is 5.56 Å². The molecular formula is C18H18FN3O2S. The number of nitrogens with zero attached hydrogens (tertiary/aromatic N) is 2. The Morgan fingerprint density at radius 1 is 1.28 bits per heavy atom. The molecule has 0 atom stereocenters. The van der Waals surface area contributed by atoms with Crippen LogP contribution in [0.5, 0.6) is 0 Å². The van der Waals surface area contributed by atoms with Gasteiger partial charge in [0.15, 0.2) is 0 Å². The molecule has 1 aromatic carbocycles. The molecule has 25 heavy (non-hydrogen) atoms. The van der Waals surface area contributed by atoms with Crippen molar-refractivity contribution >= 4 is 21.6 Å². The fraction of sp³-hybridized carbons (Fsp3) is 0.333. The minimum atomic E-state index is -0.283. The number of piperidine rings is 1. The summed E-state index contributed by atoms with van der Waals surface area (Å²) in [5, 5.41) is 9.58. The molecule has 0 radical (unpaired) electrons. The maximum Gasteiger partial charge on any atom is 0.268 e. The fourth-order valence-electron chi connectivity index (χ4n) is 3.11. The molecule has 1 saturated heterocycles. The minimum absolute atomic E-state index is 0.143. The molecule has 0 spiro atoms. The highest BCUT2D eigenvalue weighted by atomic mass is 32.1. The molecule has 0 saturated carbocycles. The highest BCUT2D eigenvalue weighted by Crippen LogP contribution is 2.31. The summed E-state index contributed by atoms with van der Waals surface area (Å²) >= 11 is 1.36. The Kier molecular flexibility index (Phi) is 4.37. The summed E-state index contributed by atoms with van der Waals surface area (Å²) in [6.07, 6.45) is 1.28. The first-order valence-corrected chi connectivity index (χ1v) is 9.09. The zero-order valence-corrected chi connectivity index (χ0v) is 14.4. The number of aliphatic hydroxyl groups excluding tert-OH is 1. The van der Waals surface area contributed by atoms with E-state index >= 15 is 0 Å². The van der Waals surface area contributed by atoms with E-state index in [-0.39, 0.29) is 17.5 Å². The second-order valence-corrected chi connectivity index (χ2v) is 7.40. The Labute approximate surface area is 147 Å². The Bertz CT molecular complexity index is 943. The summed E-state index contributed by atoms with van der Waals surface area (Å²) in [5.74, 6) is 0.354. The number of H-pyrrole nitrogens is 1. The number of halogens is 1. The largest absolute Gasteiger partial charge is 0.393 e. The summed E-state index contributed by atoms with van der Waals surface area (Å²) in [5.41, 5.74) is 1.39. The van der Waals surface area contributed by atoms with Crippen molar-refractivity contribution in [3.63, 3.8) is 0 Å². The normalized spacial score (nSPS) is 16.6. The van der Waals surface area contributed by atoms with Crippen molar-refractivity contribution in [2.45, 2.75) is 25.5 Å². The predicted octanol–water partition coefficient (Wildman–Crippen LogP) is 2.75. The van der Waals surface area contributed by atoms with Gasteiger partial charge in [-0.3, -0.25) is 9.69 Å². The molecular weight excluding hydrogens is 341 g/mol. The average molecular weight is 359 g/mol. The van der Waals surface area contributed by atoms with Crippen LogP contribution in [0, 0.1) is 5.82 Å². The first kappa shape index (κ1) is 16.4. The summed E-state index contributed by atoms with van der Waals surface area (Å²) < 4.78 is 13.7. The summed E-state index contributed by atoms with van der Waals surface area (Å²) in [7, 11) is 0. The van der Waals surface area contributed by atoms with Crippen molar-refractivity contribution < 1.29 is 9.50 Å². The number of aromatic nitrogens is 2. The lowest BCUT2D eigenvalue weighted by Crippen LogP contribution is -2.36. The van der Waals surface area contributed by atoms with Crippen molar-refractivity contribution in [3.8, 4) is 10.4 Å². The quantitative estimate of drug-likeness (QED) is 0.754. The molecule has 7 heteroatoms. The maximum atomic E-state index is 13.1. The lowest BCUT2D eigenvalue weighted by molar-refractivity contribution is 0.0780. The molecule has 3 heterocycles. The number of hydrogen-bond donors (Lipinski definition) is 2. The van der Waals surface area contributed by atoms with E-state index in [4.69, 9.17) is 0 Å². The number of hydrogen-bond acceptors (Lipinski definition) is 5. The number of thiophene rings is 1. The lowest BCUT2D eigenvalue weighted by atomic mass is 10.1. The minimum Gasteiger partial charge on any atom is -0.393 e. The van der Waals surface area contributed by atoms with Crippen molar-refractivity contribution in [2.75, 3.05) is 13.1 Å². The molecule has 2 N–H and O–H groups in total. The number of benzene rings is 1. The van der Waals surface area contributed by atoms with Crippen molar-refractivity contribution in [1.82, 2.24) is 14.9 Å². The lowest BCUT2D eigenvalue weighted by Gasteiger charge is -2.28. The van der Waals surface area contributed by atoms with Crippen molar-refractivity contribution in [3.05, 3.63) is 52.3 Å². The molecule has 5 nitrogen and oxygen atoms in total. The van der Waals surface area contributed by atoms with Crippen LogP contribution in [0.1, 0.15) is 18.7 Å². The Hall–Kier alpha value is -2.09. The molecule has 2 aromatic heterocycles. The van der Waals surface area contributed by atoms with Crippen molar-refractivity contribution in [1.29, 1.82) is 0 Å². The molecule has 4 rings (SSSR count). The third-order valence-electron chi connectivity index (χ3n) is 4.49. The zero-order valence-electron chi connectivity index (χ0n) is 13.5. The predicted molar refractivity (Wildman–Crippen MR) is 96.2 cm³/mol. The topological polar surface area (TPSA) is 69.2 Å². The standard InChI is InChI=1S/C18H18FN3O2S/c19-12-3-1-11(2-4-12)15-9-14-17(25-15)18(24)21-16(20-14)10-22-7-5-13(23)6-8-22/h1-4,9,13,23H,5-8,10H2,(H,20,21,24). The van der Waals surface area contributed by atoms with Crippen LogP contribution in [-0.2, 0) is 6.54 Å². The van der Waals surface area contributed by atoms with Gasteiger partial charge >= 0.3 is 0 Å². The molecule has 0 amide bonds. The van der Waals surface area contributed by atoms with E-state index in [1.165, 1.54) is 23.5 Å². The van der Waals surface area contributed by atoms with Crippen LogP contribution >= 0.6 is 11.3 Å². The molecule has 0 aliphatic carbocycles. The van der Waals surface area contributed by atoms with Gasteiger partial charge in [0, 0.05) is 18.0 Å². The van der Waals surface area contributed by atoms with Gasteiger partial charge in [-0.1, -0.05) is 12.1 Å². The third-order valence-corrected chi connectivity index (χ3v) is 5.66. The Morgan fingerprint density at radius 2 is 2.00 bits per heavy atom. The van der Waals surface area contributed by atoms with Crippen LogP contribution in [0.15, 0.2) is 35.1 Å². The molecule has 130 valence electrons. The number of aromatic amines is 1. The molecule has 1 aliphatic rings. The van der Waals surface area contributed by atoms with E-state index in [9.17, 15) is 14.3 Å². The van der Waals surface area contributed by atoms with E-state index < -0.39 is 0 Å². The van der Waals surface area contributed by atoms with Gasteiger partial charge in [0.1, 0.15) is 16.3 Å². The van der Waals surface area contributed by atoms with Gasteiger partial charge in [0.05, 0.1) is 18.2 Å². The molecule has 3 aromatic rings. The maximum absolute atomic E-state index is 13.1. The first-order chi connectivity index (χ1) is 12.1. The van der Waals surface area contributed by atoms with Crippen LogP contribution in [0.2, 0.25) is 0 Å². The van der Waals surface area contributed by atoms with E-state index in [0.29, 0.717) is 22.6 Å². The summed E-state index contributed by atoms with van der Waals surface area (Å²) in [6.45, 7) is 2.17. The van der Waals surface area contributed by atoms with Crippen molar-refractivity contribution in [2.24, 2.45) is 0 Å². The second-order valence-electron chi connectivity index (χ2n) is 6.35. The number of likely N-dealkylation sites (tertiary alicyclic amines) is 1. The monoisotopic (exact) mass is 359 g/mol. The van der Waals surface area contributed by atoms with Gasteiger partial charge in [-0.15, -0.1) is 11.3 Å². The van der Waals surface area contributed by atoms with E-state index in [1.807, 2.05) is 6.07 Å². The first-order valence-electron chi connectivity index (χ1n) is 8.27. The van der Waals surface area contributed by atoms with Crippen LogP contribution in [0.25, 0.3) is 20.7 Å². The van der Waals surface area contributed by atoms with E-state index in [0.717, 1.165) is 36.4 Å². The van der Waals surface area contributed by atoms with E-state index in [1.54, 1.807) is 12.1 Å². The van der Waals surface area contributed by atoms with Crippen LogP contribution in [0.3, 0.4) is 0 Å². The van der Waals surface area contributed by atoms with Crippen LogP contribution in [-0.4, -0.2) is 39.2 Å². The fourth-order valence-corrected chi connectivity index (χ4v) is 4.11. The molecule has 1 fully saturated rings. The second kappa shape index (κ2) is 6.67. The number of nitrogens with one attached hydrogen (secondary N) is 1. The number of aliphatic hydroxyl groups is 1. The average Bonchev–Trinajstić information content (AvgIpc) is 3.02. The zero-order chi connectivity index (χ0) is 17.4. The highest BCUT2D eigenvalue weighted by molar-refractivity contribution is 7.22. The van der Waals surface area contributed by atoms with Crippen LogP contribution in [0.4, 0.5) is 4.39 Å². The highest BCUT2D eigenvalue weighted by Gasteiger charge is 2.18. The molecule has 1 aliphatic heterocycles. The smallest absolute Gasteiger partial charge is 0.268 e. The van der Waals surface area contributed by atoms with Gasteiger partial charge in [0.2, 0.25) is 0 Å². The SMILES string of the molecule is O=c1[nH]c(CN2CCC(O)CC2)nc2cc(-c3ccc(F)cc3)sc12. The summed E-state index contributed by atoms with van der Waals surface area (Å²) in [6, 6.07) is 8.11. The van der Waals surface area contributed by atoms with Gasteiger partial charge in [-0.2, -0.15) is 0 Å².